The lowest BCUT2D eigenvalue weighted by Gasteiger charge is -2.15. The summed E-state index contributed by atoms with van der Waals surface area (Å²) in [7, 11) is 5.03. The third kappa shape index (κ3) is 19.7. The summed E-state index contributed by atoms with van der Waals surface area (Å²) in [4.78, 5) is 5.68. The van der Waals surface area contributed by atoms with E-state index in [1.807, 2.05) is 53.0 Å². The lowest BCUT2D eigenvalue weighted by molar-refractivity contribution is 0.279. The molecule has 15 rings (SSSR count). The second-order valence-corrected chi connectivity index (χ2v) is 31.4. The number of hydrogen-bond acceptors (Lipinski definition) is 6. The number of thiophene rings is 2. The molecule has 0 aliphatic heterocycles. The highest BCUT2D eigenvalue weighted by Crippen LogP contribution is 2.40. The van der Waals surface area contributed by atoms with Crippen molar-refractivity contribution in [1.82, 2.24) is 4.57 Å². The maximum Gasteiger partial charge on any atom is 0.126 e. The summed E-state index contributed by atoms with van der Waals surface area (Å²) in [5.41, 5.74) is 14.2. The maximum absolute atomic E-state index is 9.13. The van der Waals surface area contributed by atoms with Crippen molar-refractivity contribution in [3.63, 3.8) is 0 Å². The van der Waals surface area contributed by atoms with Crippen LogP contribution >= 0.6 is 22.7 Å². The van der Waals surface area contributed by atoms with E-state index in [4.69, 9.17) is 19.3 Å². The van der Waals surface area contributed by atoms with E-state index in [0.29, 0.717) is 41.4 Å². The van der Waals surface area contributed by atoms with Crippen LogP contribution in [0.4, 0.5) is 0 Å². The molecule has 0 saturated heterocycles. The van der Waals surface area contributed by atoms with Crippen molar-refractivity contribution in [2.45, 2.75) is 159 Å². The fourth-order valence-corrected chi connectivity index (χ4v) is 15.1. The minimum absolute atomic E-state index is 0.0741. The highest BCUT2D eigenvalue weighted by Gasteiger charge is 2.15. The van der Waals surface area contributed by atoms with Crippen LogP contribution in [-0.2, 0) is 6.61 Å². The topological polar surface area (TPSA) is 52.9 Å². The normalized spacial score (nSPS) is 11.1. The second kappa shape index (κ2) is 37.3. The Labute approximate surface area is 629 Å². The summed E-state index contributed by atoms with van der Waals surface area (Å²) in [6.45, 7) is 35.3. The number of rotatable bonds is 13. The van der Waals surface area contributed by atoms with Gasteiger partial charge in [0.05, 0.1) is 39.0 Å². The minimum Gasteiger partial charge on any atom is -0.497 e. The first-order valence-corrected chi connectivity index (χ1v) is 38.6. The van der Waals surface area contributed by atoms with Crippen LogP contribution in [0.2, 0.25) is 0 Å². The Hall–Kier alpha value is -9.50. The van der Waals surface area contributed by atoms with Crippen LogP contribution in [0.3, 0.4) is 0 Å². The van der Waals surface area contributed by atoms with E-state index >= 15 is 0 Å². The maximum atomic E-state index is 9.13. The molecule has 538 valence electrons. The zero-order valence-corrected chi connectivity index (χ0v) is 66.6. The molecule has 0 atom stereocenters. The van der Waals surface area contributed by atoms with Crippen molar-refractivity contribution < 1.29 is 19.3 Å². The average molecular weight is 1420 g/mol. The number of aliphatic hydroxyl groups is 1. The van der Waals surface area contributed by atoms with Crippen LogP contribution in [0.1, 0.15) is 193 Å². The summed E-state index contributed by atoms with van der Waals surface area (Å²) in [6.07, 6.45) is 0. The molecule has 0 aliphatic carbocycles. The summed E-state index contributed by atoms with van der Waals surface area (Å²) < 4.78 is 17.8. The van der Waals surface area contributed by atoms with Crippen LogP contribution in [0.25, 0.3) is 80.3 Å². The zero-order chi connectivity index (χ0) is 74.7. The number of fused-ring (bicyclic) bond motifs is 4. The monoisotopic (exact) mass is 1420 g/mol. The number of nitrogens with zero attached hydrogens (tertiary/aromatic N) is 1. The van der Waals surface area contributed by atoms with Gasteiger partial charge in [0, 0.05) is 41.4 Å². The molecule has 3 heterocycles. The van der Waals surface area contributed by atoms with Crippen LogP contribution in [-0.4, -0.2) is 31.0 Å². The molecule has 0 unspecified atom stereocenters. The summed E-state index contributed by atoms with van der Waals surface area (Å²) >= 11 is 3.79. The lowest BCUT2D eigenvalue weighted by Crippen LogP contribution is -1.97. The van der Waals surface area contributed by atoms with Gasteiger partial charge in [0.25, 0.3) is 0 Å². The second-order valence-electron chi connectivity index (χ2n) is 29.0. The van der Waals surface area contributed by atoms with Gasteiger partial charge in [-0.3, -0.25) is 0 Å². The highest BCUT2D eigenvalue weighted by molar-refractivity contribution is 7.22. The molecule has 0 saturated carbocycles. The Bertz CT molecular complexity index is 5070. The summed E-state index contributed by atoms with van der Waals surface area (Å²) in [6, 6.07) is 90.6. The van der Waals surface area contributed by atoms with E-state index < -0.39 is 0 Å². The van der Waals surface area contributed by atoms with E-state index in [9.17, 15) is 0 Å². The SMILES string of the molecule is CC(C)c1ccc(-n2c3ccccc3c3ccccc32)cc1.CC(C)c1ccc2ccc3cccc4ccc1c2c34.COc1ccc(C(C)C)c(CO)c1.COc1ccc(C(C)C)c2ccccc12.COc1ccc(C(C)C)cc1.Cc1ccc(-c2ccc(C(C)C)s2)s1.Cc1ccc(C(C)C)cc1. The number of benzene rings is 12. The molecule has 12 aromatic carbocycles. The van der Waals surface area contributed by atoms with Crippen molar-refractivity contribution in [2.75, 3.05) is 21.3 Å². The Balaban J connectivity index is 0.000000143. The van der Waals surface area contributed by atoms with Gasteiger partial charge in [-0.15, -0.1) is 22.7 Å². The quantitative estimate of drug-likeness (QED) is 0.117. The number of aliphatic hydroxyl groups excluding tert-OH is 1. The van der Waals surface area contributed by atoms with E-state index in [2.05, 4.69) is 340 Å². The van der Waals surface area contributed by atoms with E-state index in [1.165, 1.54) is 129 Å². The van der Waals surface area contributed by atoms with Crippen LogP contribution in [0.15, 0.2) is 255 Å². The van der Waals surface area contributed by atoms with Crippen LogP contribution < -0.4 is 14.2 Å². The Morgan fingerprint density at radius 1 is 0.337 bits per heavy atom. The van der Waals surface area contributed by atoms with Gasteiger partial charge in [0.15, 0.2) is 0 Å². The van der Waals surface area contributed by atoms with Gasteiger partial charge in [-0.1, -0.05) is 278 Å². The molecule has 0 aliphatic rings. The first-order valence-electron chi connectivity index (χ1n) is 37.0. The fraction of sp³-hybridized carbons (Fsp3) is 0.278. The van der Waals surface area contributed by atoms with Crippen LogP contribution in [0.5, 0.6) is 17.2 Å². The van der Waals surface area contributed by atoms with Gasteiger partial charge in [-0.05, 0) is 211 Å². The number of methoxy groups -OCH3 is 3. The molecule has 104 heavy (non-hydrogen) atoms. The van der Waals surface area contributed by atoms with Crippen LogP contribution in [0, 0.1) is 13.8 Å². The van der Waals surface area contributed by atoms with Crippen molar-refractivity contribution in [3.05, 3.63) is 309 Å². The largest absolute Gasteiger partial charge is 0.497 e. The van der Waals surface area contributed by atoms with E-state index in [1.54, 1.807) is 21.3 Å². The van der Waals surface area contributed by atoms with Gasteiger partial charge >= 0.3 is 0 Å². The standard InChI is InChI=1S/C21H19N.C19H16.C14H16O.C12H14S2.C11H16O2.C10H14O.C10H14/c1-15(2)16-11-13-17(14-12-16)22-20-9-5-3-7-18(20)19-8-4-6-10-21(19)22;1-12(2)16-10-8-15-7-6-13-4-3-5-14-9-11-17(16)19(15)18(13)14;1-10(2)11-8-9-14(15-3)13-7-5-4-6-12(11)13;1-8(2)10-6-7-12(14-10)11-5-4-9(3)13-11;1-8(2)11-5-4-10(13-3)6-9(11)7-12;1-8(2)9-4-6-10(11-3)7-5-9;1-8(2)10-6-4-9(3)5-7-10/h3-15H,1-2H3;3-12H,1-2H3;4-10H,1-3H3;4-8H,1-3H3;4-6,8,12H,7H2,1-3H3;4-8H,1-3H3;4-8H,1-3H3. The number of hydrogen-bond donors (Lipinski definition) is 1. The number of para-hydroxylation sites is 2. The first-order chi connectivity index (χ1) is 50.0. The van der Waals surface area contributed by atoms with E-state index in [0.717, 1.165) is 22.8 Å². The Morgan fingerprint density at radius 3 is 1.27 bits per heavy atom. The number of aryl methyl sites for hydroxylation is 2. The third-order valence-corrected chi connectivity index (χ3v) is 21.8. The van der Waals surface area contributed by atoms with Gasteiger partial charge in [0.2, 0.25) is 0 Å². The Morgan fingerprint density at radius 2 is 0.779 bits per heavy atom. The zero-order valence-electron chi connectivity index (χ0n) is 64.9. The molecule has 15 aromatic rings. The number of ether oxygens (including phenoxy) is 3. The van der Waals surface area contributed by atoms with Crippen molar-refractivity contribution in [2.24, 2.45) is 0 Å². The van der Waals surface area contributed by atoms with Crippen molar-refractivity contribution in [3.8, 4) is 32.7 Å². The fourth-order valence-electron chi connectivity index (χ4n) is 13.2. The average Bonchev–Trinajstić information content (AvgIpc) is 0.892. The minimum atomic E-state index is 0.0741. The van der Waals surface area contributed by atoms with Gasteiger partial charge in [-0.2, -0.15) is 0 Å². The molecule has 5 nitrogen and oxygen atoms in total. The molecule has 0 spiro atoms. The van der Waals surface area contributed by atoms with E-state index in [-0.39, 0.29) is 6.61 Å². The molecular weight excluding hydrogens is 1310 g/mol. The molecule has 0 fully saturated rings. The van der Waals surface area contributed by atoms with Gasteiger partial charge in [-0.25, -0.2) is 0 Å². The molecule has 0 amide bonds. The lowest BCUT2D eigenvalue weighted by atomic mass is 9.89. The predicted molar refractivity (Wildman–Crippen MR) is 456 cm³/mol. The summed E-state index contributed by atoms with van der Waals surface area (Å²) in [5, 5.41) is 22.6. The predicted octanol–water partition coefficient (Wildman–Crippen LogP) is 28.7. The van der Waals surface area contributed by atoms with Gasteiger partial charge in [0.1, 0.15) is 17.2 Å². The first kappa shape index (κ1) is 78.6. The van der Waals surface area contributed by atoms with Gasteiger partial charge < -0.3 is 23.9 Å². The smallest absolute Gasteiger partial charge is 0.126 e. The van der Waals surface area contributed by atoms with Crippen molar-refractivity contribution >= 4 is 87.6 Å². The summed E-state index contributed by atoms with van der Waals surface area (Å²) in [5.74, 6) is 6.68. The molecule has 3 aromatic heterocycles. The Kier molecular flexibility index (Phi) is 28.2. The molecule has 7 heteroatoms. The number of aromatic nitrogens is 1. The molecule has 0 radical (unpaired) electrons. The highest BCUT2D eigenvalue weighted by atomic mass is 32.1. The molecular formula is C97H109NO4S2. The molecule has 0 bridgehead atoms. The third-order valence-electron chi connectivity index (χ3n) is 19.2. The van der Waals surface area contributed by atoms with Crippen molar-refractivity contribution in [1.29, 1.82) is 0 Å². The molecule has 1 N–H and O–H groups in total.